The number of aryl methyl sites for hydroxylation is 1. The first-order valence-electron chi connectivity index (χ1n) is 8.53. The van der Waals surface area contributed by atoms with Crippen LogP contribution >= 0.6 is 11.3 Å². The third-order valence-corrected chi connectivity index (χ3v) is 5.42. The second-order valence-electron chi connectivity index (χ2n) is 6.25. The molecule has 2 aromatic heterocycles. The fourth-order valence-corrected chi connectivity index (χ4v) is 3.96. The number of hydrogen-bond donors (Lipinski definition) is 3. The van der Waals surface area contributed by atoms with Gasteiger partial charge in [0.05, 0.1) is 17.7 Å². The first-order chi connectivity index (χ1) is 13.6. The Morgan fingerprint density at radius 1 is 1.24 bits per heavy atom. The lowest BCUT2D eigenvalue weighted by atomic mass is 10.1. The van der Waals surface area contributed by atoms with E-state index in [0.717, 1.165) is 11.3 Å². The number of halogens is 2. The van der Waals surface area contributed by atoms with Crippen LogP contribution in [0.15, 0.2) is 36.5 Å². The molecule has 0 saturated carbocycles. The van der Waals surface area contributed by atoms with Gasteiger partial charge in [0.15, 0.2) is 0 Å². The van der Waals surface area contributed by atoms with Gasteiger partial charge in [0.1, 0.15) is 16.5 Å². The van der Waals surface area contributed by atoms with E-state index in [1.165, 1.54) is 24.4 Å². The van der Waals surface area contributed by atoms with Crippen LogP contribution in [0.2, 0.25) is 0 Å². The minimum Gasteiger partial charge on any atom is -0.508 e. The number of hydrogen-bond acceptors (Lipinski definition) is 5. The lowest BCUT2D eigenvalue weighted by Crippen LogP contribution is -2.37. The van der Waals surface area contributed by atoms with Gasteiger partial charge < -0.3 is 20.5 Å². The SMILES string of the molecule is CCn1ccc(C(=O)O)c1-c1nc(-c2ccc(O)cc2)sc1CC(F)(F)C(N)=O. The smallest absolute Gasteiger partial charge is 0.337 e. The Morgan fingerprint density at radius 2 is 1.90 bits per heavy atom. The van der Waals surface area contributed by atoms with E-state index < -0.39 is 24.2 Å². The van der Waals surface area contributed by atoms with Crippen LogP contribution in [0.1, 0.15) is 22.2 Å². The van der Waals surface area contributed by atoms with E-state index in [9.17, 15) is 28.6 Å². The molecule has 0 aliphatic carbocycles. The summed E-state index contributed by atoms with van der Waals surface area (Å²) in [5, 5.41) is 19.3. The molecular formula is C19H17F2N3O4S. The molecule has 0 spiro atoms. The van der Waals surface area contributed by atoms with Gasteiger partial charge in [-0.2, -0.15) is 8.78 Å². The Kier molecular flexibility index (Phi) is 5.38. The van der Waals surface area contributed by atoms with Gasteiger partial charge >= 0.3 is 11.9 Å². The maximum Gasteiger partial charge on any atom is 0.337 e. The van der Waals surface area contributed by atoms with Crippen LogP contribution in [-0.4, -0.2) is 37.6 Å². The fraction of sp³-hybridized carbons (Fsp3) is 0.211. The predicted molar refractivity (Wildman–Crippen MR) is 103 cm³/mol. The number of phenols is 1. The van der Waals surface area contributed by atoms with Crippen molar-refractivity contribution in [1.82, 2.24) is 9.55 Å². The molecule has 0 fully saturated rings. The average Bonchev–Trinajstić information content (AvgIpc) is 3.25. The normalized spacial score (nSPS) is 11.6. The summed E-state index contributed by atoms with van der Waals surface area (Å²) in [7, 11) is 0. The number of aromatic hydroxyl groups is 1. The number of carboxylic acid groups (broad SMARTS) is 1. The fourth-order valence-electron chi connectivity index (χ4n) is 2.85. The zero-order valence-electron chi connectivity index (χ0n) is 15.2. The standard InChI is InChI=1S/C19H17F2N3O4S/c1-2-24-8-7-12(17(26)27)15(24)14-13(9-19(20,21)18(22)28)29-16(23-14)10-3-5-11(25)6-4-10/h3-8,25H,2,9H2,1H3,(H2,22,28)(H,26,27). The van der Waals surface area contributed by atoms with Crippen molar-refractivity contribution in [1.29, 1.82) is 0 Å². The van der Waals surface area contributed by atoms with Gasteiger partial charge in [0.2, 0.25) is 0 Å². The number of rotatable bonds is 7. The second-order valence-corrected chi connectivity index (χ2v) is 7.34. The topological polar surface area (TPSA) is 118 Å². The number of primary amides is 1. The highest BCUT2D eigenvalue weighted by Gasteiger charge is 2.39. The van der Waals surface area contributed by atoms with Crippen molar-refractivity contribution < 1.29 is 28.6 Å². The molecule has 152 valence electrons. The zero-order chi connectivity index (χ0) is 21.3. The molecule has 3 aromatic rings. The maximum absolute atomic E-state index is 14.1. The summed E-state index contributed by atoms with van der Waals surface area (Å²) in [4.78, 5) is 27.3. The molecule has 7 nitrogen and oxygen atoms in total. The summed E-state index contributed by atoms with van der Waals surface area (Å²) < 4.78 is 29.8. The molecule has 10 heteroatoms. The summed E-state index contributed by atoms with van der Waals surface area (Å²) in [5.41, 5.74) is 5.52. The van der Waals surface area contributed by atoms with Crippen LogP contribution in [0.25, 0.3) is 22.0 Å². The van der Waals surface area contributed by atoms with Gasteiger partial charge in [0, 0.05) is 23.2 Å². The number of benzene rings is 1. The number of carbonyl (C=O) groups excluding carboxylic acids is 1. The van der Waals surface area contributed by atoms with Crippen molar-refractivity contribution >= 4 is 23.2 Å². The molecule has 29 heavy (non-hydrogen) atoms. The van der Waals surface area contributed by atoms with Crippen molar-refractivity contribution in [2.75, 3.05) is 0 Å². The monoisotopic (exact) mass is 421 g/mol. The number of aromatic nitrogens is 2. The average molecular weight is 421 g/mol. The molecule has 0 aliphatic heterocycles. The molecule has 4 N–H and O–H groups in total. The number of phenolic OH excluding ortho intramolecular Hbond substituents is 1. The second kappa shape index (κ2) is 7.63. The molecule has 0 atom stereocenters. The van der Waals surface area contributed by atoms with Crippen LogP contribution < -0.4 is 5.73 Å². The number of carbonyl (C=O) groups is 2. The summed E-state index contributed by atoms with van der Waals surface area (Å²) >= 11 is 0.914. The van der Waals surface area contributed by atoms with Crippen LogP contribution in [0.3, 0.4) is 0 Å². The van der Waals surface area contributed by atoms with E-state index in [2.05, 4.69) is 4.98 Å². The number of thiazole rings is 1. The van der Waals surface area contributed by atoms with Crippen molar-refractivity contribution in [3.05, 3.63) is 47.0 Å². The summed E-state index contributed by atoms with van der Waals surface area (Å²) in [6.07, 6.45) is 0.537. The molecular weight excluding hydrogens is 404 g/mol. The van der Waals surface area contributed by atoms with Crippen molar-refractivity contribution in [2.24, 2.45) is 5.73 Å². The van der Waals surface area contributed by atoms with Crippen LogP contribution in [0, 0.1) is 0 Å². The molecule has 0 radical (unpaired) electrons. The lowest BCUT2D eigenvalue weighted by molar-refractivity contribution is -0.141. The van der Waals surface area contributed by atoms with Crippen LogP contribution in [0.4, 0.5) is 8.78 Å². The molecule has 0 unspecified atom stereocenters. The van der Waals surface area contributed by atoms with Crippen molar-refractivity contribution in [3.63, 3.8) is 0 Å². The predicted octanol–water partition coefficient (Wildman–Crippen LogP) is 3.37. The quantitative estimate of drug-likeness (QED) is 0.541. The number of nitrogens with zero attached hydrogens (tertiary/aromatic N) is 2. The van der Waals surface area contributed by atoms with Gasteiger partial charge in [-0.15, -0.1) is 11.3 Å². The van der Waals surface area contributed by atoms with Gasteiger partial charge in [-0.25, -0.2) is 9.78 Å². The maximum atomic E-state index is 14.1. The van der Waals surface area contributed by atoms with Crippen LogP contribution in [0.5, 0.6) is 5.75 Å². The van der Waals surface area contributed by atoms with E-state index in [1.54, 1.807) is 23.6 Å². The Hall–Kier alpha value is -3.27. The van der Waals surface area contributed by atoms with Crippen molar-refractivity contribution in [3.8, 4) is 27.7 Å². The molecule has 0 aliphatic rings. The number of nitrogens with two attached hydrogens (primary N) is 1. The first kappa shape index (κ1) is 20.5. The van der Waals surface area contributed by atoms with E-state index in [0.29, 0.717) is 17.1 Å². The molecule has 0 bridgehead atoms. The summed E-state index contributed by atoms with van der Waals surface area (Å²) in [6.45, 7) is 2.17. The minimum absolute atomic E-state index is 0.0269. The first-order valence-corrected chi connectivity index (χ1v) is 9.35. The number of carboxylic acids is 1. The van der Waals surface area contributed by atoms with Gasteiger partial charge in [0.25, 0.3) is 5.91 Å². The molecule has 1 amide bonds. The highest BCUT2D eigenvalue weighted by atomic mass is 32.1. The Labute approximate surface area is 168 Å². The molecule has 3 rings (SSSR count). The van der Waals surface area contributed by atoms with Crippen LogP contribution in [-0.2, 0) is 17.8 Å². The Morgan fingerprint density at radius 3 is 2.45 bits per heavy atom. The van der Waals surface area contributed by atoms with E-state index >= 15 is 0 Å². The van der Waals surface area contributed by atoms with Gasteiger partial charge in [-0.05, 0) is 37.3 Å². The van der Waals surface area contributed by atoms with Gasteiger partial charge in [-0.3, -0.25) is 4.79 Å². The highest BCUT2D eigenvalue weighted by molar-refractivity contribution is 7.15. The lowest BCUT2D eigenvalue weighted by Gasteiger charge is -2.13. The number of amides is 1. The van der Waals surface area contributed by atoms with E-state index in [1.807, 2.05) is 0 Å². The third kappa shape index (κ3) is 3.97. The Bertz CT molecular complexity index is 1070. The summed E-state index contributed by atoms with van der Waals surface area (Å²) in [5.74, 6) is -6.79. The minimum atomic E-state index is -3.82. The highest BCUT2D eigenvalue weighted by Crippen LogP contribution is 2.39. The van der Waals surface area contributed by atoms with E-state index in [4.69, 9.17) is 5.73 Å². The zero-order valence-corrected chi connectivity index (χ0v) is 16.0. The summed E-state index contributed by atoms with van der Waals surface area (Å²) in [6, 6.07) is 7.34. The van der Waals surface area contributed by atoms with Gasteiger partial charge in [-0.1, -0.05) is 0 Å². The Balaban J connectivity index is 2.22. The van der Waals surface area contributed by atoms with E-state index in [-0.39, 0.29) is 27.6 Å². The molecule has 2 heterocycles. The largest absolute Gasteiger partial charge is 0.508 e. The third-order valence-electron chi connectivity index (χ3n) is 4.31. The number of aromatic carboxylic acids is 1. The van der Waals surface area contributed by atoms with Crippen molar-refractivity contribution in [2.45, 2.75) is 25.8 Å². The molecule has 1 aromatic carbocycles. The molecule has 0 saturated heterocycles. The number of alkyl halides is 2.